The highest BCUT2D eigenvalue weighted by molar-refractivity contribution is 6.31. The highest BCUT2D eigenvalue weighted by Gasteiger charge is 2.29. The molecule has 3 heteroatoms. The number of halogens is 2. The van der Waals surface area contributed by atoms with Gasteiger partial charge in [0.15, 0.2) is 0 Å². The van der Waals surface area contributed by atoms with E-state index >= 15 is 0 Å². The van der Waals surface area contributed by atoms with Crippen molar-refractivity contribution in [3.8, 4) is 0 Å². The van der Waals surface area contributed by atoms with E-state index in [-0.39, 0.29) is 5.82 Å². The zero-order valence-electron chi connectivity index (χ0n) is 13.2. The third-order valence-electron chi connectivity index (χ3n) is 4.75. The van der Waals surface area contributed by atoms with Crippen molar-refractivity contribution in [3.63, 3.8) is 0 Å². The largest absolute Gasteiger partial charge is 0.316 e. The quantitative estimate of drug-likeness (QED) is 0.723. The summed E-state index contributed by atoms with van der Waals surface area (Å²) < 4.78 is 13.6. The first kappa shape index (κ1) is 16.8. The Labute approximate surface area is 133 Å². The van der Waals surface area contributed by atoms with E-state index in [9.17, 15) is 4.39 Å². The molecule has 1 saturated carbocycles. The predicted octanol–water partition coefficient (Wildman–Crippen LogP) is 5.07. The maximum atomic E-state index is 13.6. The molecule has 0 spiro atoms. The van der Waals surface area contributed by atoms with Gasteiger partial charge in [0.05, 0.1) is 5.02 Å². The van der Waals surface area contributed by atoms with Crippen molar-refractivity contribution in [2.75, 3.05) is 13.1 Å². The van der Waals surface area contributed by atoms with Crippen molar-refractivity contribution in [3.05, 3.63) is 34.6 Å². The summed E-state index contributed by atoms with van der Waals surface area (Å²) in [5, 5.41) is 3.87. The summed E-state index contributed by atoms with van der Waals surface area (Å²) in [7, 11) is 0. The molecule has 1 nitrogen and oxygen atoms in total. The summed E-state index contributed by atoms with van der Waals surface area (Å²) in [5.41, 5.74) is 0.969. The topological polar surface area (TPSA) is 12.0 Å². The van der Waals surface area contributed by atoms with Gasteiger partial charge in [-0.05, 0) is 68.2 Å². The lowest BCUT2D eigenvalue weighted by Gasteiger charge is -2.35. The molecule has 118 valence electrons. The van der Waals surface area contributed by atoms with Crippen LogP contribution in [0.1, 0.15) is 45.1 Å². The van der Waals surface area contributed by atoms with Gasteiger partial charge in [-0.2, -0.15) is 0 Å². The van der Waals surface area contributed by atoms with Gasteiger partial charge < -0.3 is 5.32 Å². The normalized spacial score (nSPS) is 26.0. The molecule has 1 fully saturated rings. The number of hydrogen-bond acceptors (Lipinski definition) is 1. The molecule has 0 aliphatic heterocycles. The van der Waals surface area contributed by atoms with Gasteiger partial charge in [-0.25, -0.2) is 4.39 Å². The summed E-state index contributed by atoms with van der Waals surface area (Å²) >= 11 is 6.13. The van der Waals surface area contributed by atoms with Crippen LogP contribution in [0.25, 0.3) is 0 Å². The van der Waals surface area contributed by atoms with Crippen LogP contribution >= 0.6 is 11.6 Å². The average molecular weight is 312 g/mol. The average Bonchev–Trinajstić information content (AvgIpc) is 2.46. The van der Waals surface area contributed by atoms with Crippen molar-refractivity contribution < 1.29 is 4.39 Å². The van der Waals surface area contributed by atoms with E-state index in [2.05, 4.69) is 19.2 Å². The third-order valence-corrected chi connectivity index (χ3v) is 5.17. The van der Waals surface area contributed by atoms with Crippen molar-refractivity contribution in [2.45, 2.75) is 46.0 Å². The van der Waals surface area contributed by atoms with Crippen LogP contribution < -0.4 is 5.32 Å². The summed E-state index contributed by atoms with van der Waals surface area (Å²) in [4.78, 5) is 0. The standard InChI is InChI=1S/C18H27ClFN/c1-3-9-21-12-15-8-7-13(2)10-16(15)11-14-5-4-6-17(20)18(14)19/h4-6,13,15-16,21H,3,7-12H2,1-2H3. The smallest absolute Gasteiger partial charge is 0.142 e. The highest BCUT2D eigenvalue weighted by atomic mass is 35.5. The summed E-state index contributed by atoms with van der Waals surface area (Å²) in [6, 6.07) is 5.18. The highest BCUT2D eigenvalue weighted by Crippen LogP contribution is 2.37. The van der Waals surface area contributed by atoms with Gasteiger partial charge in [0.2, 0.25) is 0 Å². The Morgan fingerprint density at radius 2 is 2.10 bits per heavy atom. The first-order chi connectivity index (χ1) is 10.1. The molecule has 1 N–H and O–H groups in total. The van der Waals surface area contributed by atoms with Crippen LogP contribution in [0.2, 0.25) is 5.02 Å². The van der Waals surface area contributed by atoms with Gasteiger partial charge in [0.25, 0.3) is 0 Å². The minimum absolute atomic E-state index is 0.293. The van der Waals surface area contributed by atoms with E-state index in [0.29, 0.717) is 16.9 Å². The third kappa shape index (κ3) is 4.69. The molecular formula is C18H27ClFN. The van der Waals surface area contributed by atoms with Crippen LogP contribution in [0.3, 0.4) is 0 Å². The van der Waals surface area contributed by atoms with E-state index in [0.717, 1.165) is 31.0 Å². The first-order valence-electron chi connectivity index (χ1n) is 8.25. The van der Waals surface area contributed by atoms with Crippen LogP contribution in [-0.4, -0.2) is 13.1 Å². The Bertz CT molecular complexity index is 449. The number of nitrogens with one attached hydrogen (secondary N) is 1. The van der Waals surface area contributed by atoms with Gasteiger partial charge in [-0.1, -0.05) is 44.0 Å². The van der Waals surface area contributed by atoms with Crippen LogP contribution in [-0.2, 0) is 6.42 Å². The first-order valence-corrected chi connectivity index (χ1v) is 8.63. The van der Waals surface area contributed by atoms with E-state index < -0.39 is 0 Å². The van der Waals surface area contributed by atoms with Crippen LogP contribution in [0.15, 0.2) is 18.2 Å². The molecule has 1 aromatic carbocycles. The summed E-state index contributed by atoms with van der Waals surface area (Å²) in [5.74, 6) is 1.77. The predicted molar refractivity (Wildman–Crippen MR) is 88.3 cm³/mol. The molecule has 3 atom stereocenters. The van der Waals surface area contributed by atoms with Crippen molar-refractivity contribution >= 4 is 11.6 Å². The lowest BCUT2D eigenvalue weighted by molar-refractivity contribution is 0.184. The molecule has 1 aromatic rings. The second kappa shape index (κ2) is 8.14. The summed E-state index contributed by atoms with van der Waals surface area (Å²) in [6.45, 7) is 6.69. The van der Waals surface area contributed by atoms with E-state index in [1.165, 1.54) is 31.7 Å². The molecule has 2 rings (SSSR count). The molecule has 0 radical (unpaired) electrons. The fourth-order valence-electron chi connectivity index (χ4n) is 3.53. The summed E-state index contributed by atoms with van der Waals surface area (Å²) in [6.07, 6.45) is 5.88. The SMILES string of the molecule is CCCNCC1CCC(C)CC1Cc1cccc(F)c1Cl. The van der Waals surface area contributed by atoms with Gasteiger partial charge in [0, 0.05) is 0 Å². The minimum Gasteiger partial charge on any atom is -0.316 e. The molecular weight excluding hydrogens is 285 g/mol. The molecule has 1 aliphatic rings. The van der Waals surface area contributed by atoms with Gasteiger partial charge in [-0.3, -0.25) is 0 Å². The second-order valence-electron chi connectivity index (χ2n) is 6.56. The maximum Gasteiger partial charge on any atom is 0.142 e. The molecule has 21 heavy (non-hydrogen) atoms. The van der Waals surface area contributed by atoms with Crippen LogP contribution in [0, 0.1) is 23.6 Å². The molecule has 0 amide bonds. The Kier molecular flexibility index (Phi) is 6.50. The minimum atomic E-state index is -0.293. The molecule has 0 aromatic heterocycles. The number of hydrogen-bond donors (Lipinski definition) is 1. The lowest BCUT2D eigenvalue weighted by Crippen LogP contribution is -2.34. The Morgan fingerprint density at radius 1 is 1.29 bits per heavy atom. The van der Waals surface area contributed by atoms with E-state index in [1.54, 1.807) is 6.07 Å². The second-order valence-corrected chi connectivity index (χ2v) is 6.94. The maximum absolute atomic E-state index is 13.6. The molecule has 0 bridgehead atoms. The Balaban J connectivity index is 2.03. The van der Waals surface area contributed by atoms with Gasteiger partial charge >= 0.3 is 0 Å². The van der Waals surface area contributed by atoms with Crippen LogP contribution in [0.4, 0.5) is 4.39 Å². The van der Waals surface area contributed by atoms with E-state index in [1.807, 2.05) is 6.07 Å². The fourth-order valence-corrected chi connectivity index (χ4v) is 3.74. The fraction of sp³-hybridized carbons (Fsp3) is 0.667. The Morgan fingerprint density at radius 3 is 2.86 bits per heavy atom. The zero-order chi connectivity index (χ0) is 15.2. The lowest BCUT2D eigenvalue weighted by atomic mass is 9.72. The molecule has 0 saturated heterocycles. The van der Waals surface area contributed by atoms with E-state index in [4.69, 9.17) is 11.6 Å². The van der Waals surface area contributed by atoms with Crippen molar-refractivity contribution in [1.29, 1.82) is 0 Å². The number of rotatable bonds is 6. The van der Waals surface area contributed by atoms with Crippen molar-refractivity contribution in [2.24, 2.45) is 17.8 Å². The molecule has 1 aliphatic carbocycles. The zero-order valence-corrected chi connectivity index (χ0v) is 13.9. The molecule has 0 heterocycles. The van der Waals surface area contributed by atoms with Crippen LogP contribution in [0.5, 0.6) is 0 Å². The van der Waals surface area contributed by atoms with Crippen molar-refractivity contribution in [1.82, 2.24) is 5.32 Å². The monoisotopic (exact) mass is 311 g/mol. The number of benzene rings is 1. The molecule has 3 unspecified atom stereocenters. The van der Waals surface area contributed by atoms with Gasteiger partial charge in [-0.15, -0.1) is 0 Å². The Hall–Kier alpha value is -0.600. The van der Waals surface area contributed by atoms with Gasteiger partial charge in [0.1, 0.15) is 5.82 Å².